The molecule has 0 aliphatic rings. The van der Waals surface area contributed by atoms with Gasteiger partial charge >= 0.3 is 19.8 Å². The van der Waals surface area contributed by atoms with Crippen molar-refractivity contribution in [3.8, 4) is 0 Å². The van der Waals surface area contributed by atoms with Gasteiger partial charge in [-0.3, -0.25) is 18.6 Å². The van der Waals surface area contributed by atoms with Crippen LogP contribution in [0.4, 0.5) is 0 Å². The molecule has 0 aromatic carbocycles. The molecule has 10 heteroatoms. The van der Waals surface area contributed by atoms with Gasteiger partial charge in [-0.15, -0.1) is 0 Å². The quantitative estimate of drug-likeness (QED) is 0.0211. The maximum absolute atomic E-state index is 12.9. The maximum Gasteiger partial charge on any atom is 0.472 e. The van der Waals surface area contributed by atoms with E-state index in [0.29, 0.717) is 23.9 Å². The number of hydrogen-bond donors (Lipinski definition) is 1. The van der Waals surface area contributed by atoms with Gasteiger partial charge in [-0.05, 0) is 186 Å². The highest BCUT2D eigenvalue weighted by atomic mass is 31.2. The molecular weight excluding hydrogens is 1330 g/mol. The summed E-state index contributed by atoms with van der Waals surface area (Å²) in [4.78, 5) is 36.0. The van der Waals surface area contributed by atoms with E-state index in [2.05, 4.69) is 293 Å². The summed E-state index contributed by atoms with van der Waals surface area (Å²) in [6.07, 6.45) is 138. The molecule has 0 heterocycles. The molecule has 0 fully saturated rings. The Kier molecular flexibility index (Phi) is 76.7. The Morgan fingerprint density at radius 3 is 0.755 bits per heavy atom. The lowest BCUT2D eigenvalue weighted by atomic mass is 10.1. The molecule has 0 rings (SSSR count). The predicted molar refractivity (Wildman–Crippen MR) is 462 cm³/mol. The van der Waals surface area contributed by atoms with Crippen LogP contribution < -0.4 is 0 Å². The minimum absolute atomic E-state index is 0.00899. The first kappa shape index (κ1) is 99.0. The molecular formula is C96H147NO8P+. The molecule has 0 aromatic heterocycles. The number of nitrogens with zero attached hydrogens (tertiary/aromatic N) is 1. The van der Waals surface area contributed by atoms with Crippen LogP contribution in [0.5, 0.6) is 0 Å². The molecule has 0 spiro atoms. The van der Waals surface area contributed by atoms with E-state index in [0.717, 1.165) is 199 Å². The number of phosphoric acid groups is 1. The first-order chi connectivity index (χ1) is 52.0. The molecule has 0 bridgehead atoms. The Hall–Kier alpha value is -6.97. The third-order valence-corrected chi connectivity index (χ3v) is 16.9. The predicted octanol–water partition coefficient (Wildman–Crippen LogP) is 27.9. The van der Waals surface area contributed by atoms with Gasteiger partial charge in [0.25, 0.3) is 0 Å². The molecule has 2 atom stereocenters. The van der Waals surface area contributed by atoms with Gasteiger partial charge in [0.15, 0.2) is 6.10 Å². The molecule has 588 valence electrons. The molecule has 2 unspecified atom stereocenters. The number of carbonyl (C=O) groups is 2. The maximum atomic E-state index is 12.9. The van der Waals surface area contributed by atoms with E-state index in [4.69, 9.17) is 18.5 Å². The normalized spacial score (nSPS) is 14.5. The SMILES string of the molecule is CC/C=C\C/C=C\C/C=C\C/C=C\C/C=C\C/C=C\C/C=C\C/C=C\C/C=C\C/C=C\C/C=C\C/C=C\CCCCCCC(=O)OC(COC(=O)CCCCCCCCC/C=C\C/C=C\C/C=C\C/C=C\C/C=C\C/C=C\C/C=C\C/C=C\C/C=C\C/C=C\C/C=C\CC)COP(=O)(O)OCC[N+](C)(C)C. The highest BCUT2D eigenvalue weighted by Crippen LogP contribution is 2.43. The fourth-order valence-electron chi connectivity index (χ4n) is 9.82. The molecule has 0 aromatic rings. The number of ether oxygens (including phenoxy) is 2. The number of likely N-dealkylation sites (N-methyl/N-ethyl adjacent to an activating group) is 1. The van der Waals surface area contributed by atoms with Crippen molar-refractivity contribution in [1.29, 1.82) is 0 Å². The minimum atomic E-state index is -4.43. The van der Waals surface area contributed by atoms with Crippen molar-refractivity contribution in [2.75, 3.05) is 47.5 Å². The van der Waals surface area contributed by atoms with Gasteiger partial charge in [0.05, 0.1) is 27.7 Å². The lowest BCUT2D eigenvalue weighted by molar-refractivity contribution is -0.870. The fraction of sp³-hybridized carbons (Fsp3) is 0.500. The summed E-state index contributed by atoms with van der Waals surface area (Å²) in [6, 6.07) is 0. The van der Waals surface area contributed by atoms with Crippen molar-refractivity contribution in [2.24, 2.45) is 0 Å². The fourth-order valence-corrected chi connectivity index (χ4v) is 10.6. The highest BCUT2D eigenvalue weighted by molar-refractivity contribution is 7.47. The van der Waals surface area contributed by atoms with E-state index in [9.17, 15) is 19.0 Å². The Morgan fingerprint density at radius 2 is 0.509 bits per heavy atom. The number of allylic oxidation sites excluding steroid dienone is 46. The Bertz CT molecular complexity index is 2850. The Labute approximate surface area is 649 Å². The lowest BCUT2D eigenvalue weighted by Gasteiger charge is -2.24. The molecule has 0 aliphatic carbocycles. The van der Waals surface area contributed by atoms with Crippen molar-refractivity contribution >= 4 is 19.8 Å². The monoisotopic (exact) mass is 1470 g/mol. The largest absolute Gasteiger partial charge is 0.472 e. The number of rotatable bonds is 71. The molecule has 9 nitrogen and oxygen atoms in total. The Morgan fingerprint density at radius 1 is 0.292 bits per heavy atom. The second kappa shape index (κ2) is 82.1. The first-order valence-corrected chi connectivity index (χ1v) is 42.2. The molecule has 0 amide bonds. The Balaban J connectivity index is 4.20. The summed E-state index contributed by atoms with van der Waals surface area (Å²) in [7, 11) is 1.41. The number of hydrogen-bond acceptors (Lipinski definition) is 7. The van der Waals surface area contributed by atoms with Gasteiger partial charge in [0, 0.05) is 12.8 Å². The van der Waals surface area contributed by atoms with Crippen LogP contribution in [0, 0.1) is 0 Å². The number of unbranched alkanes of at least 4 members (excludes halogenated alkanes) is 11. The van der Waals surface area contributed by atoms with Crippen LogP contribution >= 0.6 is 7.82 Å². The summed E-state index contributed by atoms with van der Waals surface area (Å²) in [5.74, 6) is -0.861. The molecule has 0 saturated carbocycles. The average Bonchev–Trinajstić information content (AvgIpc) is 0.908. The third-order valence-electron chi connectivity index (χ3n) is 15.9. The van der Waals surface area contributed by atoms with Gasteiger partial charge < -0.3 is 18.9 Å². The lowest BCUT2D eigenvalue weighted by Crippen LogP contribution is -2.37. The van der Waals surface area contributed by atoms with Crippen molar-refractivity contribution in [1.82, 2.24) is 0 Å². The van der Waals surface area contributed by atoms with Gasteiger partial charge in [0.2, 0.25) is 0 Å². The summed E-state index contributed by atoms with van der Waals surface area (Å²) in [5, 5.41) is 0. The second-order valence-corrected chi connectivity index (χ2v) is 28.4. The molecule has 0 saturated heterocycles. The summed E-state index contributed by atoms with van der Waals surface area (Å²) < 4.78 is 34.7. The molecule has 0 radical (unpaired) electrons. The summed E-state index contributed by atoms with van der Waals surface area (Å²) in [5.41, 5.74) is 0. The first-order valence-electron chi connectivity index (χ1n) is 40.7. The number of esters is 2. The smallest absolute Gasteiger partial charge is 0.462 e. The van der Waals surface area contributed by atoms with Crippen LogP contribution in [0.1, 0.15) is 258 Å². The third kappa shape index (κ3) is 86.0. The van der Waals surface area contributed by atoms with Crippen molar-refractivity contribution in [2.45, 2.75) is 264 Å². The summed E-state index contributed by atoms with van der Waals surface area (Å²) >= 11 is 0. The van der Waals surface area contributed by atoms with Crippen LogP contribution in [0.3, 0.4) is 0 Å². The number of quaternary nitrogens is 1. The standard InChI is InChI=1S/C96H146NO8P/c1-6-8-10-12-14-16-18-20-22-24-26-28-30-32-34-36-38-40-42-44-46-48-50-52-54-56-58-60-62-64-66-68-70-72-74-76-78-80-82-84-86-88-95(98)102-92-94(93-104-106(100,101)103-91-90-97(3,4)5)105-96(99)89-87-85-83-81-79-77-75-73-71-69-67-65-63-61-59-57-55-53-51-49-47-45-43-41-39-37-35-33-31-29-27-25-23-21-19-17-15-13-11-9-7-2/h8-11,14-17,20-23,26-29,32-35,38-41,44-47,50-53,56-59,62-65,68-71,75,77,94H,6-7,12-13,18-19,24-25,30-31,36-37,42-43,48-49,54-55,60-61,66-67,72-74,76,78-93H2,1-5H3/p+1/b10-8-,11-9-,16-14-,17-15-,22-20-,23-21-,28-26-,29-27-,34-32-,35-33-,40-38-,41-39-,46-44-,47-45-,52-50-,53-51-,58-56-,59-57-,64-62-,65-63-,70-68-,71-69-,77-75-. The van der Waals surface area contributed by atoms with Crippen molar-refractivity contribution < 1.29 is 42.1 Å². The highest BCUT2D eigenvalue weighted by Gasteiger charge is 2.27. The zero-order valence-electron chi connectivity index (χ0n) is 67.0. The molecule has 106 heavy (non-hydrogen) atoms. The number of phosphoric ester groups is 1. The topological polar surface area (TPSA) is 108 Å². The van der Waals surface area contributed by atoms with Crippen LogP contribution in [0.25, 0.3) is 0 Å². The van der Waals surface area contributed by atoms with Crippen molar-refractivity contribution in [3.63, 3.8) is 0 Å². The van der Waals surface area contributed by atoms with Crippen molar-refractivity contribution in [3.05, 3.63) is 279 Å². The minimum Gasteiger partial charge on any atom is -0.462 e. The zero-order valence-corrected chi connectivity index (χ0v) is 67.9. The number of carbonyl (C=O) groups excluding carboxylic acids is 2. The van der Waals surface area contributed by atoms with Gasteiger partial charge in [0.1, 0.15) is 19.8 Å². The van der Waals surface area contributed by atoms with E-state index in [1.807, 2.05) is 21.1 Å². The second-order valence-electron chi connectivity index (χ2n) is 27.0. The van der Waals surface area contributed by atoms with Crippen LogP contribution in [-0.4, -0.2) is 74.9 Å². The van der Waals surface area contributed by atoms with Crippen LogP contribution in [-0.2, 0) is 32.7 Å². The average molecular weight is 1470 g/mol. The van der Waals surface area contributed by atoms with Gasteiger partial charge in [-0.1, -0.05) is 338 Å². The van der Waals surface area contributed by atoms with E-state index in [-0.39, 0.29) is 26.1 Å². The van der Waals surface area contributed by atoms with E-state index >= 15 is 0 Å². The van der Waals surface area contributed by atoms with E-state index in [1.54, 1.807) is 0 Å². The summed E-state index contributed by atoms with van der Waals surface area (Å²) in [6.45, 7) is 4.12. The molecule has 1 N–H and O–H groups in total. The van der Waals surface area contributed by atoms with Gasteiger partial charge in [-0.2, -0.15) is 0 Å². The van der Waals surface area contributed by atoms with E-state index < -0.39 is 32.5 Å². The molecule has 0 aliphatic heterocycles. The van der Waals surface area contributed by atoms with Gasteiger partial charge in [-0.25, -0.2) is 4.57 Å². The zero-order chi connectivity index (χ0) is 76.8. The van der Waals surface area contributed by atoms with E-state index in [1.165, 1.54) is 19.3 Å². The van der Waals surface area contributed by atoms with Crippen LogP contribution in [0.15, 0.2) is 279 Å². The van der Waals surface area contributed by atoms with Crippen LogP contribution in [0.2, 0.25) is 0 Å².